The number of carbonyl (C=O) groups is 1. The van der Waals surface area contributed by atoms with Gasteiger partial charge >= 0.3 is 5.97 Å². The van der Waals surface area contributed by atoms with E-state index in [1.54, 1.807) is 0 Å². The number of benzene rings is 1. The molecule has 2 saturated carbocycles. The number of aromatic hydroxyl groups is 1. The molecule has 0 aromatic heterocycles. The first-order valence-corrected chi connectivity index (χ1v) is 8.95. The molecular weight excluding hydrogens is 288 g/mol. The molecule has 1 N–H and O–H groups in total. The highest BCUT2D eigenvalue weighted by Gasteiger charge is 2.53. The van der Waals surface area contributed by atoms with Gasteiger partial charge in [-0.05, 0) is 85.0 Å². The largest absolute Gasteiger partial charge is 0.508 e. The minimum atomic E-state index is -0.140. The van der Waals surface area contributed by atoms with Crippen LogP contribution in [0.1, 0.15) is 63.0 Å². The van der Waals surface area contributed by atoms with Crippen molar-refractivity contribution < 1.29 is 14.6 Å². The SMILES string of the molecule is CC(=O)OC1C[C@H]2[C@@H]3CCc4cc(O)ccc4[C@H]3CC[C@]2(C)C1. The Balaban J connectivity index is 1.61. The van der Waals surface area contributed by atoms with E-state index in [0.29, 0.717) is 28.9 Å². The average Bonchev–Trinajstić information content (AvgIpc) is 2.81. The van der Waals surface area contributed by atoms with E-state index in [0.717, 1.165) is 19.3 Å². The number of hydrogen-bond acceptors (Lipinski definition) is 3. The van der Waals surface area contributed by atoms with Gasteiger partial charge in [-0.1, -0.05) is 13.0 Å². The van der Waals surface area contributed by atoms with Gasteiger partial charge in [0.2, 0.25) is 0 Å². The summed E-state index contributed by atoms with van der Waals surface area (Å²) in [7, 11) is 0. The number of fused-ring (bicyclic) bond motifs is 5. The highest BCUT2D eigenvalue weighted by atomic mass is 16.5. The Labute approximate surface area is 138 Å². The van der Waals surface area contributed by atoms with Crippen LogP contribution in [0.25, 0.3) is 0 Å². The molecule has 3 aliphatic rings. The van der Waals surface area contributed by atoms with Crippen molar-refractivity contribution in [1.29, 1.82) is 0 Å². The Morgan fingerprint density at radius 1 is 1.35 bits per heavy atom. The van der Waals surface area contributed by atoms with Gasteiger partial charge < -0.3 is 9.84 Å². The van der Waals surface area contributed by atoms with Crippen molar-refractivity contribution in [2.75, 3.05) is 0 Å². The number of rotatable bonds is 1. The van der Waals surface area contributed by atoms with Gasteiger partial charge in [-0.3, -0.25) is 4.79 Å². The number of phenolic OH excluding ortho intramolecular Hbond substituents is 1. The van der Waals surface area contributed by atoms with Crippen LogP contribution in [0.5, 0.6) is 5.75 Å². The summed E-state index contributed by atoms with van der Waals surface area (Å²) in [6, 6.07) is 5.93. The Morgan fingerprint density at radius 2 is 2.17 bits per heavy atom. The second kappa shape index (κ2) is 5.25. The number of aryl methyl sites for hydroxylation is 1. The fourth-order valence-corrected chi connectivity index (χ4v) is 5.89. The molecule has 1 aromatic rings. The Morgan fingerprint density at radius 3 is 2.96 bits per heavy atom. The fraction of sp³-hybridized carbons (Fsp3) is 0.650. The highest BCUT2D eigenvalue weighted by molar-refractivity contribution is 5.66. The van der Waals surface area contributed by atoms with Crippen LogP contribution in [-0.4, -0.2) is 17.2 Å². The summed E-state index contributed by atoms with van der Waals surface area (Å²) < 4.78 is 5.56. The predicted molar refractivity (Wildman–Crippen MR) is 88.3 cm³/mol. The lowest BCUT2D eigenvalue weighted by Gasteiger charge is -2.49. The van der Waals surface area contributed by atoms with Crippen molar-refractivity contribution in [2.45, 2.75) is 64.4 Å². The van der Waals surface area contributed by atoms with E-state index < -0.39 is 0 Å². The van der Waals surface area contributed by atoms with Crippen molar-refractivity contribution in [3.8, 4) is 5.75 Å². The van der Waals surface area contributed by atoms with Crippen LogP contribution in [0.4, 0.5) is 0 Å². The Hall–Kier alpha value is -1.51. The number of phenols is 1. The minimum Gasteiger partial charge on any atom is -0.508 e. The van der Waals surface area contributed by atoms with E-state index in [9.17, 15) is 9.90 Å². The smallest absolute Gasteiger partial charge is 0.302 e. The molecule has 3 heteroatoms. The molecule has 124 valence electrons. The van der Waals surface area contributed by atoms with E-state index >= 15 is 0 Å². The van der Waals surface area contributed by atoms with Crippen LogP contribution in [0.2, 0.25) is 0 Å². The zero-order chi connectivity index (χ0) is 16.2. The summed E-state index contributed by atoms with van der Waals surface area (Å²) in [5, 5.41) is 9.75. The van der Waals surface area contributed by atoms with E-state index in [-0.39, 0.29) is 12.1 Å². The van der Waals surface area contributed by atoms with Crippen molar-refractivity contribution in [2.24, 2.45) is 17.3 Å². The molecule has 0 heterocycles. The van der Waals surface area contributed by atoms with E-state index in [2.05, 4.69) is 13.0 Å². The third kappa shape index (κ3) is 2.45. The highest BCUT2D eigenvalue weighted by Crippen LogP contribution is 2.61. The molecule has 3 nitrogen and oxygen atoms in total. The quantitative estimate of drug-likeness (QED) is 0.791. The fourth-order valence-electron chi connectivity index (χ4n) is 5.89. The number of carbonyl (C=O) groups excluding carboxylic acids is 1. The summed E-state index contributed by atoms with van der Waals surface area (Å²) in [5.41, 5.74) is 3.12. The lowest BCUT2D eigenvalue weighted by Crippen LogP contribution is -2.39. The maximum Gasteiger partial charge on any atom is 0.302 e. The Bertz CT molecular complexity index is 638. The van der Waals surface area contributed by atoms with Gasteiger partial charge in [0.15, 0.2) is 0 Å². The Kier molecular flexibility index (Phi) is 3.44. The van der Waals surface area contributed by atoms with E-state index in [1.807, 2.05) is 12.1 Å². The molecule has 1 aromatic carbocycles. The first-order valence-electron chi connectivity index (χ1n) is 8.95. The first kappa shape index (κ1) is 15.0. The van der Waals surface area contributed by atoms with Gasteiger partial charge in [-0.2, -0.15) is 0 Å². The van der Waals surface area contributed by atoms with Crippen LogP contribution in [0.15, 0.2) is 18.2 Å². The summed E-state index contributed by atoms with van der Waals surface area (Å²) in [6.07, 6.45) is 6.89. The summed E-state index contributed by atoms with van der Waals surface area (Å²) in [4.78, 5) is 11.3. The second-order valence-corrected chi connectivity index (χ2v) is 8.16. The third-order valence-electron chi connectivity index (χ3n) is 6.77. The molecule has 0 saturated heterocycles. The summed E-state index contributed by atoms with van der Waals surface area (Å²) >= 11 is 0. The maximum atomic E-state index is 11.3. The third-order valence-corrected chi connectivity index (χ3v) is 6.77. The van der Waals surface area contributed by atoms with E-state index in [4.69, 9.17) is 4.74 Å². The number of hydrogen-bond donors (Lipinski definition) is 1. The molecule has 2 fully saturated rings. The minimum absolute atomic E-state index is 0.113. The van der Waals surface area contributed by atoms with E-state index in [1.165, 1.54) is 37.3 Å². The van der Waals surface area contributed by atoms with Gasteiger partial charge in [0.05, 0.1) is 0 Å². The predicted octanol–water partition coefficient (Wildman–Crippen LogP) is 4.18. The molecule has 1 unspecified atom stereocenters. The van der Waals surface area contributed by atoms with Crippen molar-refractivity contribution in [3.63, 3.8) is 0 Å². The van der Waals surface area contributed by atoms with Gasteiger partial charge in [0, 0.05) is 6.92 Å². The molecule has 4 rings (SSSR count). The lowest BCUT2D eigenvalue weighted by molar-refractivity contribution is -0.146. The normalized spacial score (nSPS) is 38.3. The molecular formula is C20H26O3. The first-order chi connectivity index (χ1) is 11.0. The van der Waals surface area contributed by atoms with Crippen LogP contribution < -0.4 is 0 Å². The summed E-state index contributed by atoms with van der Waals surface area (Å²) in [5.74, 6) is 2.23. The topological polar surface area (TPSA) is 46.5 Å². The van der Waals surface area contributed by atoms with Crippen molar-refractivity contribution in [3.05, 3.63) is 29.3 Å². The zero-order valence-electron chi connectivity index (χ0n) is 14.0. The number of ether oxygens (including phenoxy) is 1. The molecule has 0 bridgehead atoms. The standard InChI is InChI=1S/C20H26O3/c1-12(21)23-15-10-19-18-5-3-13-9-14(22)4-6-16(13)17(18)7-8-20(19,2)11-15/h4,6,9,15,17-19,22H,3,5,7-8,10-11H2,1-2H3/t15?,17-,18-,19+,20-/m1/s1. The van der Waals surface area contributed by atoms with Crippen LogP contribution >= 0.6 is 0 Å². The average molecular weight is 314 g/mol. The number of esters is 1. The zero-order valence-corrected chi connectivity index (χ0v) is 14.0. The van der Waals surface area contributed by atoms with Gasteiger partial charge in [0.1, 0.15) is 11.9 Å². The molecule has 0 amide bonds. The molecule has 0 aliphatic heterocycles. The lowest BCUT2D eigenvalue weighted by atomic mass is 9.56. The van der Waals surface area contributed by atoms with Crippen molar-refractivity contribution >= 4 is 5.97 Å². The van der Waals surface area contributed by atoms with Crippen molar-refractivity contribution in [1.82, 2.24) is 0 Å². The summed E-state index contributed by atoms with van der Waals surface area (Å²) in [6.45, 7) is 3.93. The second-order valence-electron chi connectivity index (χ2n) is 8.16. The van der Waals surface area contributed by atoms with Gasteiger partial charge in [0.25, 0.3) is 0 Å². The molecule has 3 aliphatic carbocycles. The van der Waals surface area contributed by atoms with Gasteiger partial charge in [-0.15, -0.1) is 0 Å². The van der Waals surface area contributed by atoms with Gasteiger partial charge in [-0.25, -0.2) is 0 Å². The molecule has 5 atom stereocenters. The molecule has 0 radical (unpaired) electrons. The maximum absolute atomic E-state index is 11.3. The molecule has 0 spiro atoms. The van der Waals surface area contributed by atoms with Crippen LogP contribution in [-0.2, 0) is 16.0 Å². The van der Waals surface area contributed by atoms with Crippen LogP contribution in [0.3, 0.4) is 0 Å². The van der Waals surface area contributed by atoms with Crippen LogP contribution in [0, 0.1) is 17.3 Å². The molecule has 23 heavy (non-hydrogen) atoms. The monoisotopic (exact) mass is 314 g/mol.